The summed E-state index contributed by atoms with van der Waals surface area (Å²) in [6, 6.07) is 7.41. The SMILES string of the molecule is CCC(NC)c1cccc(S(=O)(=O)NCC2CCC2)c1. The Morgan fingerprint density at radius 2 is 2.10 bits per heavy atom. The maximum Gasteiger partial charge on any atom is 0.240 e. The van der Waals surface area contributed by atoms with E-state index in [1.54, 1.807) is 12.1 Å². The van der Waals surface area contributed by atoms with Gasteiger partial charge in [0.05, 0.1) is 4.90 Å². The van der Waals surface area contributed by atoms with Crippen molar-refractivity contribution in [1.82, 2.24) is 10.0 Å². The van der Waals surface area contributed by atoms with Crippen LogP contribution in [0.5, 0.6) is 0 Å². The molecule has 1 atom stereocenters. The van der Waals surface area contributed by atoms with E-state index in [-0.39, 0.29) is 6.04 Å². The summed E-state index contributed by atoms with van der Waals surface area (Å²) in [6.45, 7) is 2.65. The van der Waals surface area contributed by atoms with Crippen molar-refractivity contribution in [2.24, 2.45) is 5.92 Å². The molecule has 5 heteroatoms. The van der Waals surface area contributed by atoms with Crippen molar-refractivity contribution >= 4 is 10.0 Å². The van der Waals surface area contributed by atoms with Gasteiger partial charge in [0, 0.05) is 12.6 Å². The Kier molecular flexibility index (Phi) is 5.18. The molecule has 112 valence electrons. The monoisotopic (exact) mass is 296 g/mol. The van der Waals surface area contributed by atoms with Gasteiger partial charge in [-0.25, -0.2) is 13.1 Å². The van der Waals surface area contributed by atoms with Gasteiger partial charge in [-0.2, -0.15) is 0 Å². The Labute approximate surface area is 122 Å². The first-order valence-electron chi connectivity index (χ1n) is 7.33. The first-order chi connectivity index (χ1) is 9.56. The molecule has 0 amide bonds. The summed E-state index contributed by atoms with van der Waals surface area (Å²) in [7, 11) is -1.49. The number of rotatable bonds is 7. The van der Waals surface area contributed by atoms with Gasteiger partial charge in [0.1, 0.15) is 0 Å². The first-order valence-corrected chi connectivity index (χ1v) is 8.82. The smallest absolute Gasteiger partial charge is 0.240 e. The molecular weight excluding hydrogens is 272 g/mol. The lowest BCUT2D eigenvalue weighted by atomic mass is 9.86. The van der Waals surface area contributed by atoms with E-state index in [4.69, 9.17) is 0 Å². The molecule has 4 nitrogen and oxygen atoms in total. The Bertz CT molecular complexity index is 535. The van der Waals surface area contributed by atoms with Crippen molar-refractivity contribution in [1.29, 1.82) is 0 Å². The topological polar surface area (TPSA) is 58.2 Å². The largest absolute Gasteiger partial charge is 0.313 e. The second-order valence-electron chi connectivity index (χ2n) is 5.47. The zero-order valence-corrected chi connectivity index (χ0v) is 13.0. The minimum Gasteiger partial charge on any atom is -0.313 e. The van der Waals surface area contributed by atoms with E-state index in [1.165, 1.54) is 6.42 Å². The van der Waals surface area contributed by atoms with Crippen LogP contribution in [-0.2, 0) is 10.0 Å². The number of benzene rings is 1. The van der Waals surface area contributed by atoms with Crippen LogP contribution < -0.4 is 10.0 Å². The highest BCUT2D eigenvalue weighted by Crippen LogP contribution is 2.26. The molecule has 0 aliphatic heterocycles. The molecule has 1 aromatic carbocycles. The summed E-state index contributed by atoms with van der Waals surface area (Å²) in [5.41, 5.74) is 1.02. The number of sulfonamides is 1. The lowest BCUT2D eigenvalue weighted by molar-refractivity contribution is 0.316. The third kappa shape index (κ3) is 3.59. The van der Waals surface area contributed by atoms with Gasteiger partial charge in [-0.3, -0.25) is 0 Å². The van der Waals surface area contributed by atoms with Crippen molar-refractivity contribution in [2.45, 2.75) is 43.5 Å². The molecule has 1 aliphatic carbocycles. The summed E-state index contributed by atoms with van der Waals surface area (Å²) in [5, 5.41) is 3.20. The molecule has 2 rings (SSSR count). The Balaban J connectivity index is 2.11. The highest BCUT2D eigenvalue weighted by molar-refractivity contribution is 7.89. The van der Waals surface area contributed by atoms with Gasteiger partial charge in [-0.15, -0.1) is 0 Å². The molecule has 0 spiro atoms. The van der Waals surface area contributed by atoms with Gasteiger partial charge < -0.3 is 5.32 Å². The molecule has 0 heterocycles. The molecule has 1 aliphatic rings. The van der Waals surface area contributed by atoms with Gasteiger partial charge in [0.2, 0.25) is 10.0 Å². The molecular formula is C15H24N2O2S. The maximum atomic E-state index is 12.3. The van der Waals surface area contributed by atoms with Crippen LogP contribution in [0.3, 0.4) is 0 Å². The summed E-state index contributed by atoms with van der Waals surface area (Å²) in [6.07, 6.45) is 4.43. The van der Waals surface area contributed by atoms with Crippen LogP contribution in [0.2, 0.25) is 0 Å². The number of hydrogen-bond acceptors (Lipinski definition) is 3. The van der Waals surface area contributed by atoms with Crippen LogP contribution in [0.1, 0.15) is 44.2 Å². The van der Waals surface area contributed by atoms with Crippen molar-refractivity contribution in [3.63, 3.8) is 0 Å². The normalized spacial score (nSPS) is 17.7. The predicted molar refractivity (Wildman–Crippen MR) is 81.1 cm³/mol. The maximum absolute atomic E-state index is 12.3. The van der Waals surface area contributed by atoms with Crippen molar-refractivity contribution < 1.29 is 8.42 Å². The van der Waals surface area contributed by atoms with Gasteiger partial charge in [-0.05, 0) is 49.9 Å². The van der Waals surface area contributed by atoms with E-state index in [0.717, 1.165) is 24.8 Å². The molecule has 1 unspecified atom stereocenters. The summed E-state index contributed by atoms with van der Waals surface area (Å²) >= 11 is 0. The van der Waals surface area contributed by atoms with Crippen LogP contribution in [0.4, 0.5) is 0 Å². The summed E-state index contributed by atoms with van der Waals surface area (Å²) in [4.78, 5) is 0.364. The first kappa shape index (κ1) is 15.5. The fraction of sp³-hybridized carbons (Fsp3) is 0.600. The molecule has 20 heavy (non-hydrogen) atoms. The van der Waals surface area contributed by atoms with E-state index >= 15 is 0 Å². The highest BCUT2D eigenvalue weighted by Gasteiger charge is 2.21. The van der Waals surface area contributed by atoms with Crippen molar-refractivity contribution in [3.05, 3.63) is 29.8 Å². The Morgan fingerprint density at radius 3 is 2.65 bits per heavy atom. The van der Waals surface area contributed by atoms with E-state index in [0.29, 0.717) is 17.4 Å². The van der Waals surface area contributed by atoms with Gasteiger partial charge in [-0.1, -0.05) is 25.5 Å². The standard InChI is InChI=1S/C15H24N2O2S/c1-3-15(16-2)13-8-5-9-14(10-13)20(18,19)17-11-12-6-4-7-12/h5,8-10,12,15-17H,3-4,6-7,11H2,1-2H3. The molecule has 0 aromatic heterocycles. The van der Waals surface area contributed by atoms with Crippen LogP contribution in [0.25, 0.3) is 0 Å². The number of hydrogen-bond donors (Lipinski definition) is 2. The lowest BCUT2D eigenvalue weighted by Gasteiger charge is -2.25. The van der Waals surface area contributed by atoms with Crippen LogP contribution >= 0.6 is 0 Å². The molecule has 2 N–H and O–H groups in total. The zero-order valence-electron chi connectivity index (χ0n) is 12.2. The quantitative estimate of drug-likeness (QED) is 0.812. The van der Waals surface area contributed by atoms with E-state index in [9.17, 15) is 8.42 Å². The number of nitrogens with one attached hydrogen (secondary N) is 2. The fourth-order valence-electron chi connectivity index (χ4n) is 2.51. The molecule has 1 aromatic rings. The zero-order chi connectivity index (χ0) is 14.6. The fourth-order valence-corrected chi connectivity index (χ4v) is 3.68. The van der Waals surface area contributed by atoms with Gasteiger partial charge >= 0.3 is 0 Å². The molecule has 1 fully saturated rings. The third-order valence-electron chi connectivity index (χ3n) is 4.11. The predicted octanol–water partition coefficient (Wildman–Crippen LogP) is 2.44. The highest BCUT2D eigenvalue weighted by atomic mass is 32.2. The van der Waals surface area contributed by atoms with Crippen LogP contribution in [-0.4, -0.2) is 22.0 Å². The van der Waals surface area contributed by atoms with E-state index in [1.807, 2.05) is 19.2 Å². The molecule has 0 bridgehead atoms. The van der Waals surface area contributed by atoms with Crippen LogP contribution in [0, 0.1) is 5.92 Å². The van der Waals surface area contributed by atoms with E-state index in [2.05, 4.69) is 17.0 Å². The average Bonchev–Trinajstić information content (AvgIpc) is 2.38. The van der Waals surface area contributed by atoms with Crippen LogP contribution in [0.15, 0.2) is 29.2 Å². The average molecular weight is 296 g/mol. The van der Waals surface area contributed by atoms with Crippen molar-refractivity contribution in [3.8, 4) is 0 Å². The van der Waals surface area contributed by atoms with E-state index < -0.39 is 10.0 Å². The lowest BCUT2D eigenvalue weighted by Crippen LogP contribution is -2.32. The molecule has 0 radical (unpaired) electrons. The van der Waals surface area contributed by atoms with Gasteiger partial charge in [0.25, 0.3) is 0 Å². The second-order valence-corrected chi connectivity index (χ2v) is 7.24. The second kappa shape index (κ2) is 6.70. The third-order valence-corrected chi connectivity index (χ3v) is 5.54. The molecule has 0 saturated heterocycles. The van der Waals surface area contributed by atoms with Crippen molar-refractivity contribution in [2.75, 3.05) is 13.6 Å². The minimum absolute atomic E-state index is 0.191. The Morgan fingerprint density at radius 1 is 1.35 bits per heavy atom. The Hall–Kier alpha value is -0.910. The van der Waals surface area contributed by atoms with Gasteiger partial charge in [0.15, 0.2) is 0 Å². The summed E-state index contributed by atoms with van der Waals surface area (Å²) in [5.74, 6) is 0.522. The minimum atomic E-state index is -3.38. The summed E-state index contributed by atoms with van der Waals surface area (Å²) < 4.78 is 27.3. The molecule has 1 saturated carbocycles.